The van der Waals surface area contributed by atoms with Gasteiger partial charge in [0.2, 0.25) is 0 Å². The van der Waals surface area contributed by atoms with Crippen LogP contribution in [0.4, 0.5) is 11.4 Å². The van der Waals surface area contributed by atoms with E-state index in [1.807, 2.05) is 6.92 Å². The Kier molecular flexibility index (Phi) is 6.90. The van der Waals surface area contributed by atoms with E-state index in [2.05, 4.69) is 0 Å². The Morgan fingerprint density at radius 2 is 2.19 bits per heavy atom. The number of ether oxygens (including phenoxy) is 2. The van der Waals surface area contributed by atoms with Crippen molar-refractivity contribution in [1.82, 2.24) is 0 Å². The van der Waals surface area contributed by atoms with E-state index >= 15 is 0 Å². The lowest BCUT2D eigenvalue weighted by Crippen LogP contribution is -2.31. The highest BCUT2D eigenvalue weighted by Gasteiger charge is 2.17. The van der Waals surface area contributed by atoms with Gasteiger partial charge in [-0.2, -0.15) is 0 Å². The standard InChI is InChI=1S/C14H22N2O5/c1-4-7-21-14-8-11(5-6-13(14)16(18)19)15(2)9-12(17)10-20-3/h5-6,8,12,17H,4,7,9-10H2,1-3H3. The number of nitro groups is 1. The molecule has 1 atom stereocenters. The van der Waals surface area contributed by atoms with Gasteiger partial charge in [-0.05, 0) is 12.5 Å². The molecule has 0 aliphatic carbocycles. The SMILES string of the molecule is CCCOc1cc(N(C)CC(O)COC)ccc1[N+](=O)[O-]. The predicted molar refractivity (Wildman–Crippen MR) is 80.0 cm³/mol. The number of hydrogen-bond acceptors (Lipinski definition) is 6. The number of nitro benzene ring substituents is 1. The van der Waals surface area contributed by atoms with Gasteiger partial charge in [0.25, 0.3) is 0 Å². The van der Waals surface area contributed by atoms with Crippen molar-refractivity contribution in [2.24, 2.45) is 0 Å². The molecule has 0 saturated heterocycles. The summed E-state index contributed by atoms with van der Waals surface area (Å²) < 4.78 is 10.3. The minimum absolute atomic E-state index is 0.0574. The molecule has 0 heterocycles. The number of likely N-dealkylation sites (N-methyl/N-ethyl adjacent to an activating group) is 1. The van der Waals surface area contributed by atoms with Gasteiger partial charge in [0.15, 0.2) is 5.75 Å². The van der Waals surface area contributed by atoms with Crippen LogP contribution in [0.2, 0.25) is 0 Å². The molecule has 0 fully saturated rings. The molecule has 1 aromatic rings. The number of methoxy groups -OCH3 is 1. The first-order chi connectivity index (χ1) is 9.99. The number of aliphatic hydroxyl groups excluding tert-OH is 1. The van der Waals surface area contributed by atoms with Crippen molar-refractivity contribution >= 4 is 11.4 Å². The van der Waals surface area contributed by atoms with Gasteiger partial charge >= 0.3 is 5.69 Å². The molecule has 7 heteroatoms. The largest absolute Gasteiger partial charge is 0.487 e. The topological polar surface area (TPSA) is 85.1 Å². The highest BCUT2D eigenvalue weighted by atomic mass is 16.6. The molecule has 0 amide bonds. The van der Waals surface area contributed by atoms with E-state index in [0.717, 1.165) is 12.1 Å². The highest BCUT2D eigenvalue weighted by molar-refractivity contribution is 5.59. The molecule has 0 radical (unpaired) electrons. The molecule has 7 nitrogen and oxygen atoms in total. The van der Waals surface area contributed by atoms with Crippen LogP contribution in [0.3, 0.4) is 0 Å². The van der Waals surface area contributed by atoms with Gasteiger partial charge in [0.1, 0.15) is 0 Å². The molecule has 0 saturated carbocycles. The average Bonchev–Trinajstić information content (AvgIpc) is 2.44. The summed E-state index contributed by atoms with van der Waals surface area (Å²) in [6.07, 6.45) is 0.138. The lowest BCUT2D eigenvalue weighted by atomic mass is 10.2. The second-order valence-electron chi connectivity index (χ2n) is 4.75. The zero-order valence-electron chi connectivity index (χ0n) is 12.6. The van der Waals surface area contributed by atoms with E-state index in [0.29, 0.717) is 13.2 Å². The predicted octanol–water partition coefficient (Wildman–Crippen LogP) is 1.83. The zero-order valence-corrected chi connectivity index (χ0v) is 12.6. The van der Waals surface area contributed by atoms with Crippen LogP contribution < -0.4 is 9.64 Å². The van der Waals surface area contributed by atoms with E-state index in [-0.39, 0.29) is 18.0 Å². The smallest absolute Gasteiger partial charge is 0.311 e. The molecule has 118 valence electrons. The highest BCUT2D eigenvalue weighted by Crippen LogP contribution is 2.31. The number of aliphatic hydroxyl groups is 1. The minimum atomic E-state index is -0.629. The maximum atomic E-state index is 11.0. The molecule has 21 heavy (non-hydrogen) atoms. The number of rotatable bonds is 9. The fraction of sp³-hybridized carbons (Fsp3) is 0.571. The van der Waals surface area contributed by atoms with E-state index in [1.165, 1.54) is 13.2 Å². The Balaban J connectivity index is 2.90. The van der Waals surface area contributed by atoms with Crippen LogP contribution in [-0.4, -0.2) is 50.0 Å². The molecule has 1 rings (SSSR count). The third-order valence-electron chi connectivity index (χ3n) is 2.89. The summed E-state index contributed by atoms with van der Waals surface area (Å²) in [4.78, 5) is 12.3. The summed E-state index contributed by atoms with van der Waals surface area (Å²) in [5.41, 5.74) is 0.680. The maximum Gasteiger partial charge on any atom is 0.311 e. The summed E-state index contributed by atoms with van der Waals surface area (Å²) in [5.74, 6) is 0.243. The van der Waals surface area contributed by atoms with Crippen LogP contribution in [0.15, 0.2) is 18.2 Å². The quantitative estimate of drug-likeness (QED) is 0.553. The van der Waals surface area contributed by atoms with Gasteiger partial charge in [0.05, 0.1) is 24.2 Å². The fourth-order valence-electron chi connectivity index (χ4n) is 1.89. The number of nitrogens with zero attached hydrogens (tertiary/aromatic N) is 2. The van der Waals surface area contributed by atoms with E-state index in [1.54, 1.807) is 24.1 Å². The van der Waals surface area contributed by atoms with Gasteiger partial charge in [-0.15, -0.1) is 0 Å². The first-order valence-electron chi connectivity index (χ1n) is 6.79. The molecule has 1 unspecified atom stereocenters. The number of hydrogen-bond donors (Lipinski definition) is 1. The Hall–Kier alpha value is -1.86. The molecule has 0 aliphatic rings. The second-order valence-corrected chi connectivity index (χ2v) is 4.75. The summed E-state index contributed by atoms with van der Waals surface area (Å²) in [6.45, 7) is 2.94. The summed E-state index contributed by atoms with van der Waals surface area (Å²) in [6, 6.07) is 4.67. The molecule has 1 N–H and O–H groups in total. The first kappa shape index (κ1) is 17.2. The molecule has 0 aromatic heterocycles. The van der Waals surface area contributed by atoms with Gasteiger partial charge in [-0.3, -0.25) is 10.1 Å². The summed E-state index contributed by atoms with van der Waals surface area (Å²) in [7, 11) is 3.31. The maximum absolute atomic E-state index is 11.0. The Bertz CT molecular complexity index is 467. The second kappa shape index (κ2) is 8.43. The van der Waals surface area contributed by atoms with E-state index in [9.17, 15) is 15.2 Å². The van der Waals surface area contributed by atoms with E-state index in [4.69, 9.17) is 9.47 Å². The van der Waals surface area contributed by atoms with Crippen LogP contribution in [0.5, 0.6) is 5.75 Å². The molecule has 0 spiro atoms. The average molecular weight is 298 g/mol. The molecule has 0 aliphatic heterocycles. The lowest BCUT2D eigenvalue weighted by molar-refractivity contribution is -0.385. The number of benzene rings is 1. The minimum Gasteiger partial charge on any atom is -0.487 e. The van der Waals surface area contributed by atoms with Crippen molar-refractivity contribution < 1.29 is 19.5 Å². The van der Waals surface area contributed by atoms with Crippen molar-refractivity contribution in [3.05, 3.63) is 28.3 Å². The van der Waals surface area contributed by atoms with Gasteiger partial charge < -0.3 is 19.5 Å². The molecule has 1 aromatic carbocycles. The van der Waals surface area contributed by atoms with Crippen molar-refractivity contribution in [1.29, 1.82) is 0 Å². The summed E-state index contributed by atoms with van der Waals surface area (Å²) >= 11 is 0. The van der Waals surface area contributed by atoms with Crippen LogP contribution in [-0.2, 0) is 4.74 Å². The van der Waals surface area contributed by atoms with Gasteiger partial charge in [-0.25, -0.2) is 0 Å². The van der Waals surface area contributed by atoms with Gasteiger partial charge in [-0.1, -0.05) is 6.92 Å². The normalized spacial score (nSPS) is 12.0. The number of anilines is 1. The van der Waals surface area contributed by atoms with Crippen LogP contribution in [0.25, 0.3) is 0 Å². The summed E-state index contributed by atoms with van der Waals surface area (Å²) in [5, 5.41) is 20.7. The van der Waals surface area contributed by atoms with Crippen molar-refractivity contribution in [3.63, 3.8) is 0 Å². The molecular weight excluding hydrogens is 276 g/mol. The Labute approximate surface area is 124 Å². The van der Waals surface area contributed by atoms with E-state index < -0.39 is 11.0 Å². The third kappa shape index (κ3) is 5.20. The fourth-order valence-corrected chi connectivity index (χ4v) is 1.89. The van der Waals surface area contributed by atoms with Crippen LogP contribution >= 0.6 is 0 Å². The van der Waals surface area contributed by atoms with Gasteiger partial charge in [0, 0.05) is 38.5 Å². The molecule has 0 bridgehead atoms. The van der Waals surface area contributed by atoms with Crippen molar-refractivity contribution in [2.75, 3.05) is 38.8 Å². The first-order valence-corrected chi connectivity index (χ1v) is 6.79. The molecular formula is C14H22N2O5. The third-order valence-corrected chi connectivity index (χ3v) is 2.89. The van der Waals surface area contributed by atoms with Crippen molar-refractivity contribution in [2.45, 2.75) is 19.4 Å². The lowest BCUT2D eigenvalue weighted by Gasteiger charge is -2.22. The van der Waals surface area contributed by atoms with Crippen LogP contribution in [0, 0.1) is 10.1 Å². The van der Waals surface area contributed by atoms with Crippen molar-refractivity contribution in [3.8, 4) is 5.75 Å². The Morgan fingerprint density at radius 3 is 2.76 bits per heavy atom. The zero-order chi connectivity index (χ0) is 15.8. The van der Waals surface area contributed by atoms with Crippen LogP contribution in [0.1, 0.15) is 13.3 Å². The monoisotopic (exact) mass is 298 g/mol. The Morgan fingerprint density at radius 1 is 1.48 bits per heavy atom.